The number of ether oxygens (including phenoxy) is 1. The second-order valence-corrected chi connectivity index (χ2v) is 7.63. The van der Waals surface area contributed by atoms with Crippen LogP contribution in [0.15, 0.2) is 54.6 Å². The summed E-state index contributed by atoms with van der Waals surface area (Å²) in [5, 5.41) is 9.91. The molecule has 0 radical (unpaired) electrons. The van der Waals surface area contributed by atoms with Gasteiger partial charge in [-0.1, -0.05) is 55.3 Å². The number of aromatic carboxylic acids is 1. The van der Waals surface area contributed by atoms with Gasteiger partial charge in [0.2, 0.25) is 0 Å². The molecule has 0 bridgehead atoms. The molecule has 4 rings (SSSR count). The molecule has 1 aromatic heterocycles. The topological polar surface area (TPSA) is 110 Å². The Bertz CT molecular complexity index is 1230. The minimum absolute atomic E-state index is 0. The van der Waals surface area contributed by atoms with Crippen LogP contribution in [0.1, 0.15) is 34.8 Å². The average molecular weight is 438 g/mol. The van der Waals surface area contributed by atoms with Crippen molar-refractivity contribution in [3.63, 3.8) is 0 Å². The number of hydrogen-bond acceptors (Lipinski definition) is 4. The number of H-pyrrole nitrogens is 1. The van der Waals surface area contributed by atoms with Crippen molar-refractivity contribution in [2.24, 2.45) is 0 Å². The van der Waals surface area contributed by atoms with E-state index in [2.05, 4.69) is 41.2 Å². The Hall–Kier alpha value is -3.35. The summed E-state index contributed by atoms with van der Waals surface area (Å²) < 4.78 is 5.76. The number of aryl methyl sites for hydroxylation is 2. The molecular formula is C24H24ClN3O3. The van der Waals surface area contributed by atoms with Crippen LogP contribution in [0.4, 0.5) is 0 Å². The lowest BCUT2D eigenvalue weighted by atomic mass is 10.0. The van der Waals surface area contributed by atoms with Gasteiger partial charge in [-0.2, -0.15) is 4.98 Å². The number of benzene rings is 3. The summed E-state index contributed by atoms with van der Waals surface area (Å²) in [6.07, 6.45) is 2.16. The van der Waals surface area contributed by atoms with Crippen molar-refractivity contribution in [2.75, 3.05) is 0 Å². The summed E-state index contributed by atoms with van der Waals surface area (Å²) in [7, 11) is 0. The van der Waals surface area contributed by atoms with E-state index in [1.165, 1.54) is 11.6 Å². The lowest BCUT2D eigenvalue weighted by molar-refractivity contribution is 0.0695. The maximum absolute atomic E-state index is 11.3. The van der Waals surface area contributed by atoms with E-state index >= 15 is 0 Å². The first kappa shape index (κ1) is 22.3. The van der Waals surface area contributed by atoms with Crippen molar-refractivity contribution < 1.29 is 14.6 Å². The third-order valence-corrected chi connectivity index (χ3v) is 5.32. The maximum atomic E-state index is 11.3. The Morgan fingerprint density at radius 1 is 1.13 bits per heavy atom. The van der Waals surface area contributed by atoms with Crippen molar-refractivity contribution in [3.8, 4) is 22.9 Å². The molecule has 0 aliphatic carbocycles. The number of aromatic amines is 1. The molecule has 0 unspecified atom stereocenters. The summed E-state index contributed by atoms with van der Waals surface area (Å²) in [5.74, 6) is -0.598. The molecule has 3 aromatic carbocycles. The molecule has 4 aromatic rings. The number of nitrogens with one attached hydrogen (secondary N) is 1. The Morgan fingerprint density at radius 2 is 1.87 bits per heavy atom. The van der Waals surface area contributed by atoms with E-state index in [1.807, 2.05) is 12.1 Å². The van der Waals surface area contributed by atoms with Crippen LogP contribution in [0.25, 0.3) is 22.2 Å². The first-order valence-corrected chi connectivity index (χ1v) is 10.1. The minimum Gasteiger partial charge on any atom is -0.478 e. The predicted molar refractivity (Wildman–Crippen MR) is 124 cm³/mol. The van der Waals surface area contributed by atoms with Gasteiger partial charge in [0.25, 0.3) is 6.01 Å². The van der Waals surface area contributed by atoms with E-state index in [9.17, 15) is 9.90 Å². The van der Waals surface area contributed by atoms with E-state index in [-0.39, 0.29) is 17.7 Å². The van der Waals surface area contributed by atoms with Crippen LogP contribution in [0.3, 0.4) is 0 Å². The van der Waals surface area contributed by atoms with Gasteiger partial charge in [-0.3, -0.25) is 0 Å². The number of carboxylic acids is 1. The van der Waals surface area contributed by atoms with Crippen LogP contribution in [-0.2, 0) is 6.42 Å². The van der Waals surface area contributed by atoms with E-state index in [4.69, 9.17) is 16.3 Å². The van der Waals surface area contributed by atoms with Gasteiger partial charge in [0.15, 0.2) is 0 Å². The SMILES string of the molecule is CCCc1ccc(-c2cc3nc(Oc4ccc(C)c(C(=O)O)c4)[nH]c3cc2Cl)cc1.N. The average Bonchev–Trinajstić information content (AvgIpc) is 3.10. The number of hydrogen-bond donors (Lipinski definition) is 3. The van der Waals surface area contributed by atoms with Crippen LogP contribution >= 0.6 is 11.6 Å². The monoisotopic (exact) mass is 437 g/mol. The number of halogens is 1. The van der Waals surface area contributed by atoms with E-state index in [0.717, 1.165) is 29.5 Å². The summed E-state index contributed by atoms with van der Waals surface area (Å²) in [6, 6.07) is 17.3. The lowest BCUT2D eigenvalue weighted by Crippen LogP contribution is -2.00. The minimum atomic E-state index is -0.996. The van der Waals surface area contributed by atoms with Crippen molar-refractivity contribution >= 4 is 28.6 Å². The van der Waals surface area contributed by atoms with Gasteiger partial charge in [-0.15, -0.1) is 0 Å². The first-order chi connectivity index (χ1) is 14.4. The highest BCUT2D eigenvalue weighted by Gasteiger charge is 2.13. The van der Waals surface area contributed by atoms with Crippen LogP contribution in [0.5, 0.6) is 11.8 Å². The zero-order chi connectivity index (χ0) is 21.3. The summed E-state index contributed by atoms with van der Waals surface area (Å²) in [4.78, 5) is 18.9. The van der Waals surface area contributed by atoms with E-state index in [1.54, 1.807) is 19.1 Å². The fourth-order valence-corrected chi connectivity index (χ4v) is 3.70. The number of carbonyl (C=O) groups is 1. The number of carboxylic acid groups (broad SMARTS) is 1. The van der Waals surface area contributed by atoms with Gasteiger partial charge in [0.05, 0.1) is 21.6 Å². The van der Waals surface area contributed by atoms with E-state index < -0.39 is 5.97 Å². The van der Waals surface area contributed by atoms with Gasteiger partial charge in [-0.05, 0) is 54.3 Å². The van der Waals surface area contributed by atoms with Crippen LogP contribution in [-0.4, -0.2) is 21.0 Å². The summed E-state index contributed by atoms with van der Waals surface area (Å²) in [5.41, 5.74) is 5.54. The van der Waals surface area contributed by atoms with Gasteiger partial charge >= 0.3 is 5.97 Å². The molecular weight excluding hydrogens is 414 g/mol. The van der Waals surface area contributed by atoms with Crippen LogP contribution in [0, 0.1) is 6.92 Å². The van der Waals surface area contributed by atoms with Gasteiger partial charge < -0.3 is 21.0 Å². The largest absolute Gasteiger partial charge is 0.478 e. The normalized spacial score (nSPS) is 10.7. The molecule has 160 valence electrons. The second kappa shape index (κ2) is 9.20. The van der Waals surface area contributed by atoms with Gasteiger partial charge in [0.1, 0.15) is 5.75 Å². The molecule has 6 nitrogen and oxygen atoms in total. The number of imidazole rings is 1. The molecule has 31 heavy (non-hydrogen) atoms. The van der Waals surface area contributed by atoms with Crippen molar-refractivity contribution in [3.05, 3.63) is 76.3 Å². The molecule has 0 spiro atoms. The number of nitrogens with zero attached hydrogens (tertiary/aromatic N) is 1. The molecule has 0 saturated heterocycles. The third-order valence-electron chi connectivity index (χ3n) is 5.01. The summed E-state index contributed by atoms with van der Waals surface area (Å²) in [6.45, 7) is 3.90. The molecule has 0 aliphatic heterocycles. The fraction of sp³-hybridized carbons (Fsp3) is 0.167. The predicted octanol–water partition coefficient (Wildman–Crippen LogP) is 6.80. The summed E-state index contributed by atoms with van der Waals surface area (Å²) >= 11 is 6.53. The number of fused-ring (bicyclic) bond motifs is 1. The van der Waals surface area contributed by atoms with Gasteiger partial charge in [-0.25, -0.2) is 4.79 Å². The van der Waals surface area contributed by atoms with E-state index in [0.29, 0.717) is 21.9 Å². The Morgan fingerprint density at radius 3 is 2.55 bits per heavy atom. The Kier molecular flexibility index (Phi) is 6.63. The third kappa shape index (κ3) is 4.71. The molecule has 7 heteroatoms. The molecule has 0 fully saturated rings. The zero-order valence-corrected chi connectivity index (χ0v) is 18.2. The standard InChI is InChI=1S/C24H21ClN2O3.H3N/c1-3-4-15-6-8-16(9-7-15)19-12-21-22(13-20(19)25)27-24(26-21)30-17-10-5-14(2)18(11-17)23(28)29;/h5-13H,3-4H2,1-2H3,(H,26,27)(H,28,29);1H3. The van der Waals surface area contributed by atoms with Crippen LogP contribution < -0.4 is 10.9 Å². The molecule has 5 N–H and O–H groups in total. The molecule has 0 aliphatic rings. The maximum Gasteiger partial charge on any atom is 0.336 e. The van der Waals surface area contributed by atoms with Crippen molar-refractivity contribution in [1.29, 1.82) is 0 Å². The highest BCUT2D eigenvalue weighted by Crippen LogP contribution is 2.33. The lowest BCUT2D eigenvalue weighted by Gasteiger charge is -2.06. The number of rotatable bonds is 6. The van der Waals surface area contributed by atoms with Gasteiger partial charge in [0, 0.05) is 5.56 Å². The highest BCUT2D eigenvalue weighted by atomic mass is 35.5. The number of aromatic nitrogens is 2. The zero-order valence-electron chi connectivity index (χ0n) is 17.4. The smallest absolute Gasteiger partial charge is 0.336 e. The molecule has 0 amide bonds. The fourth-order valence-electron chi connectivity index (χ4n) is 3.42. The van der Waals surface area contributed by atoms with Crippen molar-refractivity contribution in [1.82, 2.24) is 16.1 Å². The van der Waals surface area contributed by atoms with Crippen LogP contribution in [0.2, 0.25) is 5.02 Å². The highest BCUT2D eigenvalue weighted by molar-refractivity contribution is 6.34. The Labute approximate surface area is 185 Å². The molecule has 0 saturated carbocycles. The second-order valence-electron chi connectivity index (χ2n) is 7.22. The molecule has 1 heterocycles. The first-order valence-electron chi connectivity index (χ1n) is 9.75. The molecule has 0 atom stereocenters. The Balaban J connectivity index is 0.00000272. The van der Waals surface area contributed by atoms with Crippen molar-refractivity contribution in [2.45, 2.75) is 26.7 Å². The quantitative estimate of drug-likeness (QED) is 0.307.